The minimum absolute atomic E-state index is 0.00616. The van der Waals surface area contributed by atoms with Gasteiger partial charge in [-0.15, -0.1) is 0 Å². The maximum Gasteiger partial charge on any atom is 0.246 e. The van der Waals surface area contributed by atoms with Gasteiger partial charge in [-0.3, -0.25) is 43.6 Å². The van der Waals surface area contributed by atoms with Gasteiger partial charge < -0.3 is 24.5 Å². The van der Waals surface area contributed by atoms with E-state index in [1.165, 1.54) is 36.0 Å². The molecule has 5 aliphatic heterocycles. The lowest BCUT2D eigenvalue weighted by Crippen LogP contribution is -2.59. The van der Waals surface area contributed by atoms with Crippen LogP contribution in [0.3, 0.4) is 0 Å². The summed E-state index contributed by atoms with van der Waals surface area (Å²) in [6, 6.07) is 6.01. The molecule has 15 heteroatoms. The molecule has 6 atom stereocenters. The summed E-state index contributed by atoms with van der Waals surface area (Å²) in [5, 5.41) is 8.78. The van der Waals surface area contributed by atoms with E-state index in [0.717, 1.165) is 78.4 Å². The lowest BCUT2D eigenvalue weighted by atomic mass is 9.97. The fourth-order valence-electron chi connectivity index (χ4n) is 10.3. The number of amides is 5. The molecule has 5 rings (SSSR count). The quantitative estimate of drug-likeness (QED) is 0.147. The largest absolute Gasteiger partial charge is 0.336 e. The summed E-state index contributed by atoms with van der Waals surface area (Å²) < 4.78 is 0. The van der Waals surface area contributed by atoms with Crippen molar-refractivity contribution in [3.63, 3.8) is 0 Å². The average Bonchev–Trinajstić information content (AvgIpc) is 3.39. The summed E-state index contributed by atoms with van der Waals surface area (Å²) in [5.74, 6) is 0.750. The second-order valence-corrected chi connectivity index (χ2v) is 21.6. The molecule has 0 aliphatic carbocycles. The summed E-state index contributed by atoms with van der Waals surface area (Å²) in [6.07, 6.45) is 10.5. The van der Waals surface area contributed by atoms with Crippen molar-refractivity contribution < 1.29 is 24.0 Å². The molecule has 5 aliphatic rings. The van der Waals surface area contributed by atoms with Crippen LogP contribution in [0.1, 0.15) is 131 Å². The van der Waals surface area contributed by atoms with Gasteiger partial charge in [0.15, 0.2) is 0 Å². The van der Waals surface area contributed by atoms with E-state index < -0.39 is 0 Å². The van der Waals surface area contributed by atoms with E-state index in [1.807, 2.05) is 33.4 Å². The third kappa shape index (κ3) is 23.1. The first kappa shape index (κ1) is 70.1. The number of rotatable bonds is 11. The van der Waals surface area contributed by atoms with Gasteiger partial charge in [0.25, 0.3) is 0 Å². The zero-order chi connectivity index (χ0) is 57.9. The predicted molar refractivity (Wildman–Crippen MR) is 312 cm³/mol. The number of carbonyl (C=O) groups is 5. The Morgan fingerprint density at radius 1 is 0.520 bits per heavy atom. The maximum absolute atomic E-state index is 11.7. The lowest BCUT2D eigenvalue weighted by molar-refractivity contribution is -0.134. The molecule has 0 saturated carbocycles. The van der Waals surface area contributed by atoms with Crippen LogP contribution in [0, 0.1) is 17.2 Å². The van der Waals surface area contributed by atoms with Gasteiger partial charge in [-0.1, -0.05) is 72.2 Å². The van der Waals surface area contributed by atoms with Crippen LogP contribution in [-0.2, 0) is 24.0 Å². The smallest absolute Gasteiger partial charge is 0.246 e. The highest BCUT2D eigenvalue weighted by atomic mass is 16.2. The molecule has 0 spiro atoms. The first-order valence-electron chi connectivity index (χ1n) is 27.9. The van der Waals surface area contributed by atoms with Crippen molar-refractivity contribution >= 4 is 29.5 Å². The molecule has 5 amide bonds. The van der Waals surface area contributed by atoms with E-state index in [-0.39, 0.29) is 53.7 Å². The Bertz CT molecular complexity index is 1880. The maximum atomic E-state index is 11.7. The summed E-state index contributed by atoms with van der Waals surface area (Å²) in [7, 11) is 0. The van der Waals surface area contributed by atoms with E-state index in [2.05, 4.69) is 168 Å². The molecule has 4 fully saturated rings. The topological polar surface area (TPSA) is 138 Å². The highest BCUT2D eigenvalue weighted by Crippen LogP contribution is 2.21. The van der Waals surface area contributed by atoms with Gasteiger partial charge in [-0.25, -0.2) is 0 Å². The van der Waals surface area contributed by atoms with E-state index in [0.29, 0.717) is 55.1 Å². The van der Waals surface area contributed by atoms with Gasteiger partial charge in [0.2, 0.25) is 29.5 Å². The molecule has 426 valence electrons. The van der Waals surface area contributed by atoms with Crippen LogP contribution in [-0.4, -0.2) is 213 Å². The zero-order valence-electron chi connectivity index (χ0n) is 50.3. The summed E-state index contributed by atoms with van der Waals surface area (Å²) in [5.41, 5.74) is 1.47. The summed E-state index contributed by atoms with van der Waals surface area (Å²) in [4.78, 5) is 76.3. The van der Waals surface area contributed by atoms with Crippen molar-refractivity contribution in [1.82, 2.24) is 44.1 Å². The van der Waals surface area contributed by atoms with Gasteiger partial charge in [0.05, 0.1) is 18.5 Å². The molecule has 0 aromatic carbocycles. The van der Waals surface area contributed by atoms with Crippen LogP contribution in [0.4, 0.5) is 0 Å². The van der Waals surface area contributed by atoms with Gasteiger partial charge in [-0.05, 0) is 133 Å². The van der Waals surface area contributed by atoms with Crippen molar-refractivity contribution in [2.45, 2.75) is 191 Å². The van der Waals surface area contributed by atoms with Gasteiger partial charge in [0, 0.05) is 133 Å². The van der Waals surface area contributed by atoms with Gasteiger partial charge in [-0.2, -0.15) is 5.26 Å². The number of hydrogen-bond acceptors (Lipinski definition) is 10. The molecule has 0 radical (unpaired) electrons. The Morgan fingerprint density at radius 3 is 1.41 bits per heavy atom. The Labute approximate surface area is 457 Å². The standard InChI is InChI=1S/C12H19N3O.2C12H22N2O.C11H20N2O.C11H17NO.C2H6/c1-4-12(16)15-8-7-14(10(2)3)9-11(15)5-6-13;1-6-12(15)14-8-10(4)13(9(2)3)7-11(14)5;1-6-12(15)14-10(4)7-13(9(2)3)8-11(14)5;1-5-11(14)12-6-7-13(9(2)3)10(4)8-12;1-4-11(13)12-7-5-10(6-8-12)9(2)3;1-2/h4,10-11H,1,5,7-9H2,2-3H3;2*6,9-11H,1,7-8H2,2-5H3;5,9-10H,1,6-8H2,2-4H3;4-5,9H,1,6-8H2,2-3H3;1-2H3/t11-;2*10-,11+;10-;;/m00.0../s1. The Balaban J connectivity index is 0.000000906. The number of nitrogens with zero attached hydrogens (tertiary/aromatic N) is 10. The van der Waals surface area contributed by atoms with E-state index in [4.69, 9.17) is 5.26 Å². The third-order valence-corrected chi connectivity index (χ3v) is 14.6. The SMILES string of the molecule is C=CC(=O)N1CC=C(C(C)C)CC1.C=CC(=O)N1CCN(C(C)C)C[C@@H]1CC#N.C=CC(=O)N1CCN(C(C)C)[C@@H](C)C1.C=CC(=O)N1C[C@H](C)N(C(C)C)C[C@H]1C.C=CC(=O)N1[C@H](C)CN(C(C)C)C[C@@H]1C.CC. The van der Waals surface area contributed by atoms with Gasteiger partial charge >= 0.3 is 0 Å². The van der Waals surface area contributed by atoms with Crippen LogP contribution < -0.4 is 0 Å². The molecule has 5 heterocycles. The summed E-state index contributed by atoms with van der Waals surface area (Å²) >= 11 is 0. The third-order valence-electron chi connectivity index (χ3n) is 14.6. The van der Waals surface area contributed by atoms with E-state index >= 15 is 0 Å². The molecule has 0 bridgehead atoms. The summed E-state index contributed by atoms with van der Waals surface area (Å²) in [6.45, 7) is 64.3. The van der Waals surface area contributed by atoms with Crippen molar-refractivity contribution in [2.24, 2.45) is 5.92 Å². The van der Waals surface area contributed by atoms with Gasteiger partial charge in [0.1, 0.15) is 0 Å². The molecule has 0 aromatic rings. The van der Waals surface area contributed by atoms with Crippen molar-refractivity contribution in [1.29, 1.82) is 5.26 Å². The van der Waals surface area contributed by atoms with Crippen LogP contribution in [0.25, 0.3) is 0 Å². The van der Waals surface area contributed by atoms with Crippen LogP contribution >= 0.6 is 0 Å². The monoisotopic (exact) mass is 1050 g/mol. The molecule has 0 aromatic heterocycles. The van der Waals surface area contributed by atoms with Crippen LogP contribution in [0.2, 0.25) is 0 Å². The fourth-order valence-corrected chi connectivity index (χ4v) is 10.3. The lowest BCUT2D eigenvalue weighted by Gasteiger charge is -2.45. The van der Waals surface area contributed by atoms with Crippen LogP contribution in [0.15, 0.2) is 74.9 Å². The minimum atomic E-state index is -0.0661. The predicted octanol–water partition coefficient (Wildman–Crippen LogP) is 8.14. The second-order valence-electron chi connectivity index (χ2n) is 21.6. The van der Waals surface area contributed by atoms with Crippen molar-refractivity contribution in [3.05, 3.63) is 74.9 Å². The first-order chi connectivity index (χ1) is 35.2. The number of nitriles is 1. The van der Waals surface area contributed by atoms with E-state index in [1.54, 1.807) is 4.90 Å². The fraction of sp³-hybridized carbons (Fsp3) is 0.700. The first-order valence-corrected chi connectivity index (χ1v) is 27.9. The molecule has 4 saturated heterocycles. The normalized spacial score (nSPS) is 23.5. The van der Waals surface area contributed by atoms with Crippen LogP contribution in [0.5, 0.6) is 0 Å². The number of piperazine rings is 4. The molecular formula is C60H106N10O5. The second kappa shape index (κ2) is 36.2. The average molecular weight is 1050 g/mol. The van der Waals surface area contributed by atoms with E-state index in [9.17, 15) is 24.0 Å². The number of carbonyl (C=O) groups excluding carboxylic acids is 5. The minimum Gasteiger partial charge on any atom is -0.336 e. The molecule has 15 nitrogen and oxygen atoms in total. The molecular weight excluding hydrogens is 941 g/mol. The highest BCUT2D eigenvalue weighted by molar-refractivity contribution is 5.89. The van der Waals surface area contributed by atoms with Crippen molar-refractivity contribution in [3.8, 4) is 6.07 Å². The Morgan fingerprint density at radius 2 is 1.00 bits per heavy atom. The molecule has 75 heavy (non-hydrogen) atoms. The zero-order valence-corrected chi connectivity index (χ0v) is 50.3. The highest BCUT2D eigenvalue weighted by Gasteiger charge is 2.34. The number of hydrogen-bond donors (Lipinski definition) is 0. The molecule has 0 N–H and O–H groups in total. The molecule has 0 unspecified atom stereocenters. The Hall–Kier alpha value is -4.88. The Kier molecular flexibility index (Phi) is 33.9. The van der Waals surface area contributed by atoms with Crippen molar-refractivity contribution in [2.75, 3.05) is 78.5 Å².